The van der Waals surface area contributed by atoms with E-state index in [0.717, 1.165) is 18.9 Å². The number of hydrogen-bond donors (Lipinski definition) is 2. The summed E-state index contributed by atoms with van der Waals surface area (Å²) in [7, 11) is 0. The predicted octanol–water partition coefficient (Wildman–Crippen LogP) is 3.62. The maximum atomic E-state index is 12.9. The highest BCUT2D eigenvalue weighted by Gasteiger charge is 2.36. The summed E-state index contributed by atoms with van der Waals surface area (Å²) in [5.74, 6) is 0.398. The number of halogens is 4. The normalized spacial score (nSPS) is 17.6. The van der Waals surface area contributed by atoms with Gasteiger partial charge in [0.1, 0.15) is 0 Å². The lowest BCUT2D eigenvalue weighted by Gasteiger charge is -2.21. The highest BCUT2D eigenvalue weighted by molar-refractivity contribution is 9.10. The van der Waals surface area contributed by atoms with Crippen LogP contribution in [0.4, 0.5) is 18.9 Å². The largest absolute Gasteiger partial charge is 0.418 e. The Bertz CT molecular complexity index is 430. The van der Waals surface area contributed by atoms with Gasteiger partial charge >= 0.3 is 6.18 Å². The van der Waals surface area contributed by atoms with Gasteiger partial charge in [-0.3, -0.25) is 0 Å². The van der Waals surface area contributed by atoms with E-state index in [9.17, 15) is 13.2 Å². The van der Waals surface area contributed by atoms with Gasteiger partial charge in [0, 0.05) is 22.7 Å². The van der Waals surface area contributed by atoms with Crippen molar-refractivity contribution in [2.45, 2.75) is 25.1 Å². The van der Waals surface area contributed by atoms with E-state index in [4.69, 9.17) is 5.73 Å². The van der Waals surface area contributed by atoms with Crippen LogP contribution in [0.5, 0.6) is 0 Å². The topological polar surface area (TPSA) is 38.0 Å². The molecule has 6 heteroatoms. The van der Waals surface area contributed by atoms with Gasteiger partial charge in [0.2, 0.25) is 0 Å². The fourth-order valence-corrected chi connectivity index (χ4v) is 2.31. The van der Waals surface area contributed by atoms with E-state index >= 15 is 0 Å². The molecule has 3 N–H and O–H groups in total. The molecule has 0 heterocycles. The van der Waals surface area contributed by atoms with Crippen LogP contribution in [0.1, 0.15) is 18.4 Å². The van der Waals surface area contributed by atoms with Crippen LogP contribution in [0.3, 0.4) is 0 Å². The molecule has 0 aliphatic heterocycles. The molecule has 18 heavy (non-hydrogen) atoms. The van der Waals surface area contributed by atoms with Crippen molar-refractivity contribution in [2.75, 3.05) is 11.9 Å². The number of benzene rings is 1. The Morgan fingerprint density at radius 3 is 2.56 bits per heavy atom. The molecule has 0 amide bonds. The van der Waals surface area contributed by atoms with E-state index in [1.807, 2.05) is 0 Å². The molecule has 2 nitrogen and oxygen atoms in total. The minimum Gasteiger partial charge on any atom is -0.380 e. The van der Waals surface area contributed by atoms with E-state index in [-0.39, 0.29) is 11.7 Å². The number of anilines is 1. The minimum atomic E-state index is -4.36. The van der Waals surface area contributed by atoms with Gasteiger partial charge in [-0.25, -0.2) is 0 Å². The third kappa shape index (κ3) is 3.17. The van der Waals surface area contributed by atoms with Crippen molar-refractivity contribution in [1.29, 1.82) is 0 Å². The van der Waals surface area contributed by atoms with Gasteiger partial charge in [0.05, 0.1) is 5.56 Å². The molecule has 1 saturated carbocycles. The fourth-order valence-electron chi connectivity index (χ4n) is 1.95. The van der Waals surface area contributed by atoms with Gasteiger partial charge in [-0.1, -0.05) is 15.9 Å². The fraction of sp³-hybridized carbons (Fsp3) is 0.500. The van der Waals surface area contributed by atoms with Crippen LogP contribution in [-0.2, 0) is 6.18 Å². The third-order valence-corrected chi connectivity index (χ3v) is 3.57. The number of nitrogens with one attached hydrogen (secondary N) is 1. The van der Waals surface area contributed by atoms with Gasteiger partial charge in [-0.05, 0) is 37.0 Å². The van der Waals surface area contributed by atoms with Crippen molar-refractivity contribution in [2.24, 2.45) is 11.7 Å². The molecule has 1 atom stereocenters. The highest BCUT2D eigenvalue weighted by atomic mass is 79.9. The Balaban J connectivity index is 2.26. The van der Waals surface area contributed by atoms with Crippen LogP contribution in [0.2, 0.25) is 0 Å². The number of hydrogen-bond acceptors (Lipinski definition) is 2. The lowest BCUT2D eigenvalue weighted by Crippen LogP contribution is -2.31. The molecule has 1 aliphatic rings. The quantitative estimate of drug-likeness (QED) is 0.888. The Morgan fingerprint density at radius 1 is 1.39 bits per heavy atom. The van der Waals surface area contributed by atoms with Crippen molar-refractivity contribution in [3.63, 3.8) is 0 Å². The van der Waals surface area contributed by atoms with E-state index in [1.54, 1.807) is 0 Å². The molecule has 2 rings (SSSR count). The Kier molecular flexibility index (Phi) is 3.87. The molecule has 0 radical (unpaired) electrons. The molecule has 1 aromatic carbocycles. The Hall–Kier alpha value is -0.750. The molecule has 1 unspecified atom stereocenters. The number of rotatable bonds is 4. The van der Waals surface area contributed by atoms with Crippen molar-refractivity contribution < 1.29 is 13.2 Å². The number of alkyl halides is 3. The summed E-state index contributed by atoms with van der Waals surface area (Å²) in [6, 6.07) is 3.84. The Labute approximate surface area is 112 Å². The first-order valence-corrected chi connectivity index (χ1v) is 6.54. The standard InChI is InChI=1S/C12H14BrF3N2/c13-8-3-4-9(12(14,15)16)10(5-8)18-11(6-17)7-1-2-7/h3-5,7,11,18H,1-2,6,17H2. The monoisotopic (exact) mass is 322 g/mol. The molecule has 0 spiro atoms. The lowest BCUT2D eigenvalue weighted by molar-refractivity contribution is -0.137. The molecular weight excluding hydrogens is 309 g/mol. The first-order chi connectivity index (χ1) is 8.41. The smallest absolute Gasteiger partial charge is 0.380 e. The highest BCUT2D eigenvalue weighted by Crippen LogP contribution is 2.39. The van der Waals surface area contributed by atoms with E-state index in [1.165, 1.54) is 12.1 Å². The molecule has 0 bridgehead atoms. The summed E-state index contributed by atoms with van der Waals surface area (Å²) in [4.78, 5) is 0. The summed E-state index contributed by atoms with van der Waals surface area (Å²) in [5, 5.41) is 2.93. The van der Waals surface area contributed by atoms with Crippen molar-refractivity contribution >= 4 is 21.6 Å². The molecule has 1 aliphatic carbocycles. The molecule has 100 valence electrons. The SMILES string of the molecule is NCC(Nc1cc(Br)ccc1C(F)(F)F)C1CC1. The van der Waals surface area contributed by atoms with Gasteiger partial charge in [0.15, 0.2) is 0 Å². The van der Waals surface area contributed by atoms with Gasteiger partial charge in [0.25, 0.3) is 0 Å². The van der Waals surface area contributed by atoms with Crippen LogP contribution >= 0.6 is 15.9 Å². The summed E-state index contributed by atoms with van der Waals surface area (Å²) >= 11 is 3.19. The lowest BCUT2D eigenvalue weighted by atomic mass is 10.1. The second-order valence-corrected chi connectivity index (χ2v) is 5.43. The molecule has 1 aromatic rings. The zero-order valence-electron chi connectivity index (χ0n) is 9.60. The van der Waals surface area contributed by atoms with E-state index < -0.39 is 11.7 Å². The average Bonchev–Trinajstić information content (AvgIpc) is 3.08. The van der Waals surface area contributed by atoms with Gasteiger partial charge < -0.3 is 11.1 Å². The molecular formula is C12H14BrF3N2. The van der Waals surface area contributed by atoms with Crippen LogP contribution in [-0.4, -0.2) is 12.6 Å². The van der Waals surface area contributed by atoms with Crippen LogP contribution in [0.25, 0.3) is 0 Å². The number of nitrogens with two attached hydrogens (primary N) is 1. The first-order valence-electron chi connectivity index (χ1n) is 5.75. The predicted molar refractivity (Wildman–Crippen MR) is 68.3 cm³/mol. The van der Waals surface area contributed by atoms with E-state index in [0.29, 0.717) is 16.9 Å². The molecule has 1 fully saturated rings. The third-order valence-electron chi connectivity index (χ3n) is 3.07. The molecule has 0 saturated heterocycles. The van der Waals surface area contributed by atoms with Gasteiger partial charge in [-0.15, -0.1) is 0 Å². The summed E-state index contributed by atoms with van der Waals surface area (Å²) in [5.41, 5.74) is 5.05. The zero-order valence-corrected chi connectivity index (χ0v) is 11.2. The van der Waals surface area contributed by atoms with Crippen molar-refractivity contribution in [3.8, 4) is 0 Å². The summed E-state index contributed by atoms with van der Waals surface area (Å²) < 4.78 is 39.2. The van der Waals surface area contributed by atoms with Crippen LogP contribution in [0, 0.1) is 5.92 Å². The summed E-state index contributed by atoms with van der Waals surface area (Å²) in [6.07, 6.45) is -2.29. The summed E-state index contributed by atoms with van der Waals surface area (Å²) in [6.45, 7) is 0.342. The second kappa shape index (κ2) is 5.09. The average molecular weight is 323 g/mol. The van der Waals surface area contributed by atoms with Crippen molar-refractivity contribution in [1.82, 2.24) is 0 Å². The molecule has 0 aromatic heterocycles. The maximum Gasteiger partial charge on any atom is 0.418 e. The van der Waals surface area contributed by atoms with Crippen molar-refractivity contribution in [3.05, 3.63) is 28.2 Å². The second-order valence-electron chi connectivity index (χ2n) is 4.51. The van der Waals surface area contributed by atoms with Crippen LogP contribution < -0.4 is 11.1 Å². The van der Waals surface area contributed by atoms with Gasteiger partial charge in [-0.2, -0.15) is 13.2 Å². The van der Waals surface area contributed by atoms with E-state index in [2.05, 4.69) is 21.2 Å². The zero-order chi connectivity index (χ0) is 13.3. The Morgan fingerprint density at radius 2 is 2.06 bits per heavy atom. The first kappa shape index (κ1) is 13.7. The minimum absolute atomic E-state index is 0.0830. The maximum absolute atomic E-state index is 12.9. The van der Waals surface area contributed by atoms with Crippen LogP contribution in [0.15, 0.2) is 22.7 Å².